The van der Waals surface area contributed by atoms with Crippen LogP contribution in [0.4, 0.5) is 0 Å². The van der Waals surface area contributed by atoms with Crippen LogP contribution in [0.1, 0.15) is 0 Å². The zero-order valence-electron chi connectivity index (χ0n) is 28.5. The van der Waals surface area contributed by atoms with Crippen molar-refractivity contribution in [2.24, 2.45) is 0 Å². The van der Waals surface area contributed by atoms with Crippen LogP contribution < -0.4 is 0 Å². The molecule has 0 unspecified atom stereocenters. The maximum atomic E-state index is 5.38. The SMILES string of the molecule is c1ccc(-c2nc(-c3cc(-c4ccccc4)c4ccccc4c3)nc(-c3cc4ccc5ccccc5c4c4c3sc3ccc5ccccc5c34)n2)cc1. The quantitative estimate of drug-likeness (QED) is 0.172. The van der Waals surface area contributed by atoms with Gasteiger partial charge in [-0.2, -0.15) is 0 Å². The van der Waals surface area contributed by atoms with E-state index < -0.39 is 0 Å². The van der Waals surface area contributed by atoms with E-state index in [0.717, 1.165) is 33.2 Å². The fourth-order valence-electron chi connectivity index (χ4n) is 8.01. The van der Waals surface area contributed by atoms with Gasteiger partial charge in [0.1, 0.15) is 0 Å². The number of aromatic nitrogens is 3. The average molecular weight is 692 g/mol. The van der Waals surface area contributed by atoms with Crippen molar-refractivity contribution in [2.75, 3.05) is 0 Å². The van der Waals surface area contributed by atoms with Gasteiger partial charge in [0, 0.05) is 36.9 Å². The number of hydrogen-bond donors (Lipinski definition) is 0. The molecule has 11 rings (SSSR count). The van der Waals surface area contributed by atoms with Crippen LogP contribution >= 0.6 is 11.3 Å². The minimum Gasteiger partial charge on any atom is -0.208 e. The van der Waals surface area contributed by atoms with Gasteiger partial charge in [0.05, 0.1) is 0 Å². The van der Waals surface area contributed by atoms with E-state index in [0.29, 0.717) is 17.5 Å². The van der Waals surface area contributed by atoms with Crippen molar-refractivity contribution < 1.29 is 0 Å². The van der Waals surface area contributed by atoms with E-state index in [-0.39, 0.29) is 0 Å². The van der Waals surface area contributed by atoms with Gasteiger partial charge in [-0.25, -0.2) is 15.0 Å². The van der Waals surface area contributed by atoms with Crippen LogP contribution in [0.3, 0.4) is 0 Å². The van der Waals surface area contributed by atoms with Crippen LogP contribution in [0.15, 0.2) is 176 Å². The molecule has 53 heavy (non-hydrogen) atoms. The summed E-state index contributed by atoms with van der Waals surface area (Å²) in [5.41, 5.74) is 5.22. The summed E-state index contributed by atoms with van der Waals surface area (Å²) in [6, 6.07) is 62.6. The van der Waals surface area contributed by atoms with E-state index in [9.17, 15) is 0 Å². The van der Waals surface area contributed by atoms with Crippen molar-refractivity contribution in [3.63, 3.8) is 0 Å². The molecule has 9 aromatic carbocycles. The zero-order chi connectivity index (χ0) is 34.9. The second kappa shape index (κ2) is 11.9. The Labute approximate surface area is 309 Å². The topological polar surface area (TPSA) is 38.7 Å². The van der Waals surface area contributed by atoms with E-state index >= 15 is 0 Å². The van der Waals surface area contributed by atoms with E-state index in [1.54, 1.807) is 0 Å². The molecule has 0 amide bonds. The third-order valence-corrected chi connectivity index (χ3v) is 11.6. The van der Waals surface area contributed by atoms with Gasteiger partial charge in [0.25, 0.3) is 0 Å². The Morgan fingerprint density at radius 1 is 0.321 bits per heavy atom. The van der Waals surface area contributed by atoms with Gasteiger partial charge < -0.3 is 0 Å². The molecular formula is C49H29N3S. The molecule has 3 nitrogen and oxygen atoms in total. The Hall–Kier alpha value is -6.75. The summed E-state index contributed by atoms with van der Waals surface area (Å²) >= 11 is 1.83. The monoisotopic (exact) mass is 691 g/mol. The number of fused-ring (bicyclic) bond motifs is 10. The predicted molar refractivity (Wildman–Crippen MR) is 224 cm³/mol. The lowest BCUT2D eigenvalue weighted by atomic mass is 9.93. The van der Waals surface area contributed by atoms with Crippen LogP contribution in [0, 0.1) is 0 Å². The van der Waals surface area contributed by atoms with Gasteiger partial charge in [-0.15, -0.1) is 11.3 Å². The molecule has 0 saturated heterocycles. The molecule has 0 radical (unpaired) electrons. The van der Waals surface area contributed by atoms with Gasteiger partial charge in [-0.3, -0.25) is 0 Å². The van der Waals surface area contributed by atoms with Crippen molar-refractivity contribution in [3.05, 3.63) is 176 Å². The number of rotatable bonds is 4. The zero-order valence-corrected chi connectivity index (χ0v) is 29.3. The standard InChI is InChI=1S/C49H29N3S/c1-3-13-30(14-4-1)40-29-36(27-34-19-9-10-20-37(34)40)48-50-47(33-17-5-2-6-18-33)51-49(52-48)41-28-35-24-23-31-15-7-11-21-38(31)43(35)45-44-39-22-12-8-16-32(39)25-26-42(44)53-46(41)45/h1-29H. The van der Waals surface area contributed by atoms with Crippen molar-refractivity contribution in [2.45, 2.75) is 0 Å². The van der Waals surface area contributed by atoms with Gasteiger partial charge in [0.15, 0.2) is 17.5 Å². The predicted octanol–water partition coefficient (Wildman–Crippen LogP) is 13.5. The normalized spacial score (nSPS) is 11.8. The maximum Gasteiger partial charge on any atom is 0.165 e. The summed E-state index contributed by atoms with van der Waals surface area (Å²) in [6.45, 7) is 0. The summed E-state index contributed by atoms with van der Waals surface area (Å²) < 4.78 is 2.43. The molecule has 0 spiro atoms. The lowest BCUT2D eigenvalue weighted by molar-refractivity contribution is 1.08. The second-order valence-corrected chi connectivity index (χ2v) is 14.6. The number of benzene rings is 9. The minimum atomic E-state index is 0.648. The molecule has 246 valence electrons. The van der Waals surface area contributed by atoms with E-state index in [2.05, 4.69) is 158 Å². The summed E-state index contributed by atoms with van der Waals surface area (Å²) in [5.74, 6) is 1.97. The Morgan fingerprint density at radius 2 is 0.868 bits per heavy atom. The van der Waals surface area contributed by atoms with E-state index in [4.69, 9.17) is 15.0 Å². The van der Waals surface area contributed by atoms with E-state index in [1.165, 1.54) is 57.9 Å². The van der Waals surface area contributed by atoms with Gasteiger partial charge in [0.2, 0.25) is 0 Å². The molecule has 0 N–H and O–H groups in total. The maximum absolute atomic E-state index is 5.38. The first-order chi connectivity index (χ1) is 26.3. The van der Waals surface area contributed by atoms with Crippen molar-refractivity contribution in [1.82, 2.24) is 15.0 Å². The van der Waals surface area contributed by atoms with Gasteiger partial charge in [-0.1, -0.05) is 152 Å². The highest BCUT2D eigenvalue weighted by Crippen LogP contribution is 2.48. The smallest absolute Gasteiger partial charge is 0.165 e. The van der Waals surface area contributed by atoms with Crippen molar-refractivity contribution >= 4 is 74.6 Å². The first-order valence-electron chi connectivity index (χ1n) is 17.9. The van der Waals surface area contributed by atoms with Crippen LogP contribution in [0.25, 0.3) is 109 Å². The highest BCUT2D eigenvalue weighted by atomic mass is 32.1. The highest BCUT2D eigenvalue weighted by Gasteiger charge is 2.22. The molecule has 0 aliphatic carbocycles. The molecule has 0 aliphatic rings. The molecule has 4 heteroatoms. The molecule has 0 atom stereocenters. The minimum absolute atomic E-state index is 0.648. The first kappa shape index (κ1) is 29.9. The number of thiophene rings is 1. The fraction of sp³-hybridized carbons (Fsp3) is 0. The third-order valence-electron chi connectivity index (χ3n) is 10.4. The van der Waals surface area contributed by atoms with Crippen LogP contribution in [-0.2, 0) is 0 Å². The molecule has 0 aliphatic heterocycles. The molecule has 2 aromatic heterocycles. The first-order valence-corrected chi connectivity index (χ1v) is 18.7. The Kier molecular flexibility index (Phi) is 6.73. The van der Waals surface area contributed by atoms with Crippen LogP contribution in [0.5, 0.6) is 0 Å². The molecule has 0 saturated carbocycles. The van der Waals surface area contributed by atoms with Crippen molar-refractivity contribution in [3.8, 4) is 45.3 Å². The fourth-order valence-corrected chi connectivity index (χ4v) is 9.25. The number of hydrogen-bond acceptors (Lipinski definition) is 4. The Bertz CT molecular complexity index is 3220. The molecule has 0 bridgehead atoms. The lowest BCUT2D eigenvalue weighted by Crippen LogP contribution is -2.01. The summed E-state index contributed by atoms with van der Waals surface area (Å²) in [5, 5.41) is 12.3. The largest absolute Gasteiger partial charge is 0.208 e. The molecule has 2 heterocycles. The third kappa shape index (κ3) is 4.84. The second-order valence-electron chi connectivity index (χ2n) is 13.6. The van der Waals surface area contributed by atoms with Gasteiger partial charge in [-0.05, 0) is 78.5 Å². The summed E-state index contributed by atoms with van der Waals surface area (Å²) in [6.07, 6.45) is 0. The molecular weight excluding hydrogens is 663 g/mol. The summed E-state index contributed by atoms with van der Waals surface area (Å²) in [7, 11) is 0. The van der Waals surface area contributed by atoms with Gasteiger partial charge >= 0.3 is 0 Å². The lowest BCUT2D eigenvalue weighted by Gasteiger charge is -2.14. The summed E-state index contributed by atoms with van der Waals surface area (Å²) in [4.78, 5) is 15.8. The van der Waals surface area contributed by atoms with Crippen LogP contribution in [0.2, 0.25) is 0 Å². The van der Waals surface area contributed by atoms with Crippen molar-refractivity contribution in [1.29, 1.82) is 0 Å². The number of nitrogens with zero attached hydrogens (tertiary/aromatic N) is 3. The molecule has 11 aromatic rings. The highest BCUT2D eigenvalue weighted by molar-refractivity contribution is 7.26. The Balaban J connectivity index is 1.25. The van der Waals surface area contributed by atoms with E-state index in [1.807, 2.05) is 29.5 Å². The Morgan fingerprint density at radius 3 is 1.60 bits per heavy atom. The molecule has 0 fully saturated rings. The van der Waals surface area contributed by atoms with Crippen LogP contribution in [-0.4, -0.2) is 15.0 Å². The average Bonchev–Trinajstić information content (AvgIpc) is 3.64.